The maximum absolute atomic E-state index is 11.2. The van der Waals surface area contributed by atoms with Crippen molar-refractivity contribution in [3.63, 3.8) is 0 Å². The number of sulfone groups is 1. The molecule has 0 fully saturated rings. The molecule has 100 valence electrons. The Kier molecular flexibility index (Phi) is 4.92. The van der Waals surface area contributed by atoms with Gasteiger partial charge in [0, 0.05) is 11.8 Å². The van der Waals surface area contributed by atoms with Gasteiger partial charge in [0.05, 0.1) is 21.8 Å². The van der Waals surface area contributed by atoms with Gasteiger partial charge in [-0.05, 0) is 6.07 Å². The van der Waals surface area contributed by atoms with Crippen molar-refractivity contribution in [2.45, 2.75) is 6.92 Å². The van der Waals surface area contributed by atoms with Gasteiger partial charge in [0.25, 0.3) is 5.69 Å². The highest BCUT2D eigenvalue weighted by atomic mass is 35.5. The van der Waals surface area contributed by atoms with Crippen LogP contribution in [0.5, 0.6) is 5.75 Å². The highest BCUT2D eigenvalue weighted by Crippen LogP contribution is 2.28. The lowest BCUT2D eigenvalue weighted by Gasteiger charge is -2.07. The number of hydrogen-bond acceptors (Lipinski definition) is 5. The first kappa shape index (κ1) is 14.7. The number of nitro groups is 1. The van der Waals surface area contributed by atoms with Gasteiger partial charge in [0.2, 0.25) is 0 Å². The zero-order valence-corrected chi connectivity index (χ0v) is 11.2. The van der Waals surface area contributed by atoms with Gasteiger partial charge < -0.3 is 4.74 Å². The number of nitro benzene ring substituents is 1. The van der Waals surface area contributed by atoms with E-state index >= 15 is 0 Å². The predicted octanol–water partition coefficient (Wildman–Crippen LogP) is 2.06. The maximum atomic E-state index is 11.2. The van der Waals surface area contributed by atoms with Crippen LogP contribution < -0.4 is 4.74 Å². The second kappa shape index (κ2) is 6.01. The van der Waals surface area contributed by atoms with Crippen LogP contribution in [-0.4, -0.2) is 31.5 Å². The molecule has 0 bridgehead atoms. The van der Waals surface area contributed by atoms with E-state index in [1.165, 1.54) is 25.1 Å². The largest absolute Gasteiger partial charge is 0.491 e. The minimum absolute atomic E-state index is 0.0268. The molecular formula is C10H12ClNO5S. The second-order valence-electron chi connectivity index (χ2n) is 3.46. The van der Waals surface area contributed by atoms with Gasteiger partial charge in [0.15, 0.2) is 9.84 Å². The number of ether oxygens (including phenoxy) is 1. The lowest BCUT2D eigenvalue weighted by molar-refractivity contribution is -0.384. The summed E-state index contributed by atoms with van der Waals surface area (Å²) in [7, 11) is -3.13. The van der Waals surface area contributed by atoms with Crippen LogP contribution in [0.25, 0.3) is 0 Å². The fraction of sp³-hybridized carbons (Fsp3) is 0.400. The molecule has 0 unspecified atom stereocenters. The summed E-state index contributed by atoms with van der Waals surface area (Å²) in [6.45, 7) is 1.45. The van der Waals surface area contributed by atoms with Crippen molar-refractivity contribution in [2.24, 2.45) is 0 Å². The van der Waals surface area contributed by atoms with Crippen molar-refractivity contribution in [3.8, 4) is 5.75 Å². The summed E-state index contributed by atoms with van der Waals surface area (Å²) in [5, 5.41) is 10.8. The smallest absolute Gasteiger partial charge is 0.273 e. The molecule has 0 N–H and O–H groups in total. The lowest BCUT2D eigenvalue weighted by atomic mass is 10.3. The molecule has 0 spiro atoms. The Morgan fingerprint density at radius 3 is 2.67 bits per heavy atom. The van der Waals surface area contributed by atoms with Crippen LogP contribution in [0.1, 0.15) is 6.92 Å². The number of nitrogens with zero attached hydrogens (tertiary/aromatic N) is 1. The first-order valence-corrected chi connectivity index (χ1v) is 7.33. The summed E-state index contributed by atoms with van der Waals surface area (Å²) >= 11 is 5.79. The van der Waals surface area contributed by atoms with Crippen molar-refractivity contribution in [2.75, 3.05) is 18.1 Å². The average molecular weight is 294 g/mol. The van der Waals surface area contributed by atoms with Gasteiger partial charge in [-0.1, -0.05) is 18.5 Å². The molecule has 0 aromatic heterocycles. The summed E-state index contributed by atoms with van der Waals surface area (Å²) in [5.41, 5.74) is -0.159. The Morgan fingerprint density at radius 2 is 2.11 bits per heavy atom. The quantitative estimate of drug-likeness (QED) is 0.592. The first-order chi connectivity index (χ1) is 8.35. The third-order valence-electron chi connectivity index (χ3n) is 2.22. The molecular weight excluding hydrogens is 282 g/mol. The molecule has 0 heterocycles. The summed E-state index contributed by atoms with van der Waals surface area (Å²) in [4.78, 5) is 9.98. The minimum atomic E-state index is -3.13. The number of halogens is 1. The summed E-state index contributed by atoms with van der Waals surface area (Å²) < 4.78 is 27.6. The van der Waals surface area contributed by atoms with Crippen molar-refractivity contribution in [3.05, 3.63) is 33.3 Å². The Hall–Kier alpha value is -1.34. The molecule has 0 saturated carbocycles. The van der Waals surface area contributed by atoms with Gasteiger partial charge in [-0.25, -0.2) is 8.42 Å². The minimum Gasteiger partial charge on any atom is -0.491 e. The fourth-order valence-electron chi connectivity index (χ4n) is 1.14. The standard InChI is InChI=1S/C10H12ClNO5S/c1-2-18(15,16)6-5-17-10-7-8(12(13)14)3-4-9(10)11/h3-4,7H,2,5-6H2,1H3. The van der Waals surface area contributed by atoms with Crippen LogP contribution in [0.4, 0.5) is 5.69 Å². The average Bonchev–Trinajstić information content (AvgIpc) is 2.31. The van der Waals surface area contributed by atoms with Crippen LogP contribution in [0.2, 0.25) is 5.02 Å². The van der Waals surface area contributed by atoms with E-state index in [0.29, 0.717) is 0 Å². The van der Waals surface area contributed by atoms with Crippen LogP contribution in [0, 0.1) is 10.1 Å². The summed E-state index contributed by atoms with van der Waals surface area (Å²) in [6.07, 6.45) is 0. The van der Waals surface area contributed by atoms with Crippen LogP contribution in [0.3, 0.4) is 0 Å². The molecule has 0 aliphatic rings. The van der Waals surface area contributed by atoms with Crippen LogP contribution in [-0.2, 0) is 9.84 Å². The van der Waals surface area contributed by atoms with Crippen LogP contribution >= 0.6 is 11.6 Å². The number of benzene rings is 1. The third-order valence-corrected chi connectivity index (χ3v) is 4.20. The zero-order chi connectivity index (χ0) is 13.8. The summed E-state index contributed by atoms with van der Waals surface area (Å²) in [5.74, 6) is -0.0150. The molecule has 1 rings (SSSR count). The van der Waals surface area contributed by atoms with E-state index in [1.807, 2.05) is 0 Å². The molecule has 0 radical (unpaired) electrons. The van der Waals surface area contributed by atoms with Gasteiger partial charge in [-0.15, -0.1) is 0 Å². The van der Waals surface area contributed by atoms with E-state index in [9.17, 15) is 18.5 Å². The normalized spacial score (nSPS) is 11.2. The van der Waals surface area contributed by atoms with Crippen molar-refractivity contribution < 1.29 is 18.1 Å². The van der Waals surface area contributed by atoms with E-state index in [4.69, 9.17) is 16.3 Å². The molecule has 0 atom stereocenters. The summed E-state index contributed by atoms with van der Waals surface area (Å²) in [6, 6.07) is 3.75. The Balaban J connectivity index is 2.73. The van der Waals surface area contributed by atoms with E-state index in [1.54, 1.807) is 0 Å². The maximum Gasteiger partial charge on any atom is 0.273 e. The molecule has 8 heteroatoms. The molecule has 0 amide bonds. The number of non-ortho nitro benzene ring substituents is 1. The monoisotopic (exact) mass is 293 g/mol. The van der Waals surface area contributed by atoms with E-state index in [-0.39, 0.29) is 34.6 Å². The second-order valence-corrected chi connectivity index (χ2v) is 6.34. The highest BCUT2D eigenvalue weighted by molar-refractivity contribution is 7.91. The molecule has 18 heavy (non-hydrogen) atoms. The van der Waals surface area contributed by atoms with Crippen molar-refractivity contribution in [1.29, 1.82) is 0 Å². The van der Waals surface area contributed by atoms with E-state index in [2.05, 4.69) is 0 Å². The molecule has 6 nitrogen and oxygen atoms in total. The molecule has 0 aliphatic carbocycles. The van der Waals surface area contributed by atoms with E-state index in [0.717, 1.165) is 0 Å². The molecule has 1 aromatic carbocycles. The molecule has 1 aromatic rings. The Bertz CT molecular complexity index is 543. The van der Waals surface area contributed by atoms with E-state index < -0.39 is 14.8 Å². The predicted molar refractivity (Wildman–Crippen MR) is 67.9 cm³/mol. The topological polar surface area (TPSA) is 86.5 Å². The third kappa shape index (κ3) is 4.15. The number of hydrogen-bond donors (Lipinski definition) is 0. The van der Waals surface area contributed by atoms with Gasteiger partial charge in [-0.3, -0.25) is 10.1 Å². The van der Waals surface area contributed by atoms with Crippen molar-refractivity contribution >= 4 is 27.1 Å². The SMILES string of the molecule is CCS(=O)(=O)CCOc1cc([N+](=O)[O-])ccc1Cl. The van der Waals surface area contributed by atoms with Gasteiger partial charge >= 0.3 is 0 Å². The van der Waals surface area contributed by atoms with Crippen LogP contribution in [0.15, 0.2) is 18.2 Å². The van der Waals surface area contributed by atoms with Gasteiger partial charge in [-0.2, -0.15) is 0 Å². The first-order valence-electron chi connectivity index (χ1n) is 5.13. The lowest BCUT2D eigenvalue weighted by Crippen LogP contribution is -2.15. The molecule has 0 saturated heterocycles. The van der Waals surface area contributed by atoms with Crippen molar-refractivity contribution in [1.82, 2.24) is 0 Å². The fourth-order valence-corrected chi connectivity index (χ4v) is 1.94. The Labute approximate surface area is 110 Å². The van der Waals surface area contributed by atoms with Gasteiger partial charge in [0.1, 0.15) is 12.4 Å². The number of rotatable bonds is 6. The Morgan fingerprint density at radius 1 is 1.44 bits per heavy atom. The highest BCUT2D eigenvalue weighted by Gasteiger charge is 2.12. The zero-order valence-electron chi connectivity index (χ0n) is 9.63. The molecule has 0 aliphatic heterocycles.